The third-order valence-corrected chi connectivity index (χ3v) is 7.30. The molecular formula is C34H36N4O4. The Morgan fingerprint density at radius 1 is 0.881 bits per heavy atom. The Kier molecular flexibility index (Phi) is 10.7. The third kappa shape index (κ3) is 7.97. The van der Waals surface area contributed by atoms with E-state index in [4.69, 9.17) is 4.74 Å². The van der Waals surface area contributed by atoms with E-state index in [1.165, 1.54) is 11.1 Å². The zero-order valence-electron chi connectivity index (χ0n) is 23.6. The normalized spacial score (nSPS) is 14.4. The second-order valence-corrected chi connectivity index (χ2v) is 9.90. The average Bonchev–Trinajstić information content (AvgIpc) is 3.04. The molecule has 5 rings (SSSR count). The molecule has 3 N–H and O–H groups in total. The van der Waals surface area contributed by atoms with Crippen LogP contribution in [0.15, 0.2) is 115 Å². The lowest BCUT2D eigenvalue weighted by atomic mass is 9.84. The number of carbonyl (C=O) groups excluding carboxylic acids is 3. The van der Waals surface area contributed by atoms with Crippen LogP contribution in [0.4, 0.5) is 10.5 Å². The maximum atomic E-state index is 13.7. The van der Waals surface area contributed by atoms with Gasteiger partial charge in [0.2, 0.25) is 6.41 Å². The largest absolute Gasteiger partial charge is 0.497 e. The van der Waals surface area contributed by atoms with Gasteiger partial charge in [0.15, 0.2) is 0 Å². The van der Waals surface area contributed by atoms with Crippen LogP contribution in [0.1, 0.15) is 33.8 Å². The van der Waals surface area contributed by atoms with Crippen molar-refractivity contribution < 1.29 is 19.1 Å². The topological polar surface area (TPSA) is 105 Å². The molecule has 1 unspecified atom stereocenters. The van der Waals surface area contributed by atoms with E-state index in [1.54, 1.807) is 12.4 Å². The van der Waals surface area contributed by atoms with Crippen LogP contribution >= 0.6 is 0 Å². The van der Waals surface area contributed by atoms with Crippen LogP contribution < -0.4 is 20.7 Å². The number of rotatable bonds is 8. The van der Waals surface area contributed by atoms with Crippen molar-refractivity contribution in [3.8, 4) is 5.75 Å². The molecule has 4 aromatic rings. The third-order valence-electron chi connectivity index (χ3n) is 7.30. The highest BCUT2D eigenvalue weighted by Gasteiger charge is 2.33. The minimum atomic E-state index is -0.829. The number of anilines is 1. The van der Waals surface area contributed by atoms with Gasteiger partial charge in [-0.3, -0.25) is 14.9 Å². The van der Waals surface area contributed by atoms with Crippen molar-refractivity contribution in [2.45, 2.75) is 18.4 Å². The first kappa shape index (κ1) is 29.9. The minimum absolute atomic E-state index is 0.0445. The summed E-state index contributed by atoms with van der Waals surface area (Å²) in [6.07, 6.45) is 1.06. The number of nitrogens with two attached hydrogens (primary N) is 1. The second kappa shape index (κ2) is 15.0. The molecule has 1 heterocycles. The highest BCUT2D eigenvalue weighted by molar-refractivity contribution is 5.94. The molecule has 8 heteroatoms. The van der Waals surface area contributed by atoms with Gasteiger partial charge in [-0.1, -0.05) is 84.9 Å². The van der Waals surface area contributed by atoms with E-state index < -0.39 is 6.03 Å². The van der Waals surface area contributed by atoms with E-state index in [-0.39, 0.29) is 24.3 Å². The van der Waals surface area contributed by atoms with Gasteiger partial charge in [-0.2, -0.15) is 0 Å². The molecule has 0 spiro atoms. The molecule has 0 aliphatic carbocycles. The van der Waals surface area contributed by atoms with Gasteiger partial charge in [0.05, 0.1) is 13.2 Å². The van der Waals surface area contributed by atoms with Crippen LogP contribution in [0, 0.1) is 0 Å². The maximum absolute atomic E-state index is 13.7. The fourth-order valence-electron chi connectivity index (χ4n) is 5.28. The number of methoxy groups -OCH3 is 1. The van der Waals surface area contributed by atoms with E-state index in [0.29, 0.717) is 6.54 Å². The Labute approximate surface area is 246 Å². The van der Waals surface area contributed by atoms with Crippen molar-refractivity contribution in [3.63, 3.8) is 0 Å². The number of hydrogen-bond acceptors (Lipinski definition) is 5. The first-order valence-corrected chi connectivity index (χ1v) is 13.8. The summed E-state index contributed by atoms with van der Waals surface area (Å²) in [5.74, 6) is 1.14. The van der Waals surface area contributed by atoms with E-state index in [2.05, 4.69) is 88.3 Å². The van der Waals surface area contributed by atoms with E-state index in [9.17, 15) is 14.4 Å². The molecule has 4 amide bonds. The van der Waals surface area contributed by atoms with Crippen molar-refractivity contribution in [3.05, 3.63) is 132 Å². The molecule has 216 valence electrons. The molecule has 1 fully saturated rings. The Bertz CT molecular complexity index is 1390. The van der Waals surface area contributed by atoms with Crippen molar-refractivity contribution in [1.29, 1.82) is 0 Å². The summed E-state index contributed by atoms with van der Waals surface area (Å²) in [6.45, 7) is 2.22. The Balaban J connectivity index is 0.000000612. The van der Waals surface area contributed by atoms with Gasteiger partial charge in [-0.25, -0.2) is 4.79 Å². The summed E-state index contributed by atoms with van der Waals surface area (Å²) < 4.78 is 5.48. The minimum Gasteiger partial charge on any atom is -0.497 e. The maximum Gasteiger partial charge on any atom is 0.318 e. The number of hydrogen-bond donors (Lipinski definition) is 2. The van der Waals surface area contributed by atoms with Crippen molar-refractivity contribution in [1.82, 2.24) is 10.2 Å². The fourth-order valence-corrected chi connectivity index (χ4v) is 5.28. The number of ether oxygens (including phenoxy) is 1. The second-order valence-electron chi connectivity index (χ2n) is 9.90. The first-order valence-electron chi connectivity index (χ1n) is 13.8. The van der Waals surface area contributed by atoms with Crippen LogP contribution in [0.3, 0.4) is 0 Å². The number of nitrogens with one attached hydrogen (secondary N) is 1. The molecule has 1 saturated heterocycles. The zero-order valence-corrected chi connectivity index (χ0v) is 23.6. The van der Waals surface area contributed by atoms with Crippen LogP contribution in [-0.4, -0.2) is 56.0 Å². The molecule has 0 radical (unpaired) electrons. The van der Waals surface area contributed by atoms with Gasteiger partial charge >= 0.3 is 6.03 Å². The van der Waals surface area contributed by atoms with Crippen LogP contribution in [0.5, 0.6) is 5.75 Å². The van der Waals surface area contributed by atoms with Gasteiger partial charge in [0, 0.05) is 42.9 Å². The number of benzene rings is 4. The fraction of sp³-hybridized carbons (Fsp3) is 0.206. The van der Waals surface area contributed by atoms with Crippen LogP contribution in [0.25, 0.3) is 0 Å². The predicted octanol–water partition coefficient (Wildman–Crippen LogP) is 5.06. The molecule has 0 bridgehead atoms. The lowest BCUT2D eigenvalue weighted by Gasteiger charge is -2.44. The molecule has 1 aliphatic heterocycles. The summed E-state index contributed by atoms with van der Waals surface area (Å²) in [4.78, 5) is 36.9. The number of nitrogens with zero attached hydrogens (tertiary/aromatic N) is 2. The monoisotopic (exact) mass is 564 g/mol. The van der Waals surface area contributed by atoms with Crippen LogP contribution in [0.2, 0.25) is 0 Å². The molecule has 8 nitrogen and oxygen atoms in total. The number of piperazine rings is 1. The number of urea groups is 1. The highest BCUT2D eigenvalue weighted by Crippen LogP contribution is 2.33. The SMILES string of the molecule is COc1cccc(N2CCN(C(=O)c3ccccc3)C(CC(c3ccccc3)c3ccccc3)C2)c1.NC(=O)NC=O. The Hall–Kier alpha value is -5.11. The first-order chi connectivity index (χ1) is 20.5. The molecule has 4 aromatic carbocycles. The molecule has 1 aliphatic rings. The number of amides is 4. The summed E-state index contributed by atoms with van der Waals surface area (Å²) >= 11 is 0. The zero-order chi connectivity index (χ0) is 29.7. The Morgan fingerprint density at radius 2 is 1.48 bits per heavy atom. The standard InChI is InChI=1S/C32H32N2O2.C2H4N2O2/c1-36-30-19-11-18-28(22-30)33-20-21-34(32(35)27-16-9-4-10-17-27)29(24-33)23-31(25-12-5-2-6-13-25)26-14-7-3-8-15-26;3-2(6)4-1-5/h2-19,22,29,31H,20-21,23-24H2,1H3;1H,(H3,3,4,5,6). The number of imide groups is 1. The average molecular weight is 565 g/mol. The van der Waals surface area contributed by atoms with E-state index >= 15 is 0 Å². The predicted molar refractivity (Wildman–Crippen MR) is 165 cm³/mol. The molecular weight excluding hydrogens is 528 g/mol. The van der Waals surface area contributed by atoms with Gasteiger partial charge in [-0.15, -0.1) is 0 Å². The summed E-state index contributed by atoms with van der Waals surface area (Å²) in [7, 11) is 1.70. The van der Waals surface area contributed by atoms with Crippen molar-refractivity contribution >= 4 is 24.0 Å². The van der Waals surface area contributed by atoms with E-state index in [1.807, 2.05) is 42.5 Å². The molecule has 1 atom stereocenters. The summed E-state index contributed by atoms with van der Waals surface area (Å²) in [6, 6.07) is 38.4. The van der Waals surface area contributed by atoms with Gasteiger partial charge < -0.3 is 20.3 Å². The van der Waals surface area contributed by atoms with Gasteiger partial charge in [0.25, 0.3) is 5.91 Å². The van der Waals surface area contributed by atoms with Crippen molar-refractivity contribution in [2.24, 2.45) is 5.73 Å². The number of primary amides is 1. The van der Waals surface area contributed by atoms with E-state index in [0.717, 1.165) is 36.5 Å². The van der Waals surface area contributed by atoms with Crippen LogP contribution in [-0.2, 0) is 4.79 Å². The van der Waals surface area contributed by atoms with Gasteiger partial charge in [0.1, 0.15) is 5.75 Å². The lowest BCUT2D eigenvalue weighted by Crippen LogP contribution is -2.55. The smallest absolute Gasteiger partial charge is 0.318 e. The lowest BCUT2D eigenvalue weighted by molar-refractivity contribution is -0.108. The molecule has 0 aromatic heterocycles. The summed E-state index contributed by atoms with van der Waals surface area (Å²) in [5.41, 5.74) is 8.84. The quantitative estimate of drug-likeness (QED) is 0.291. The Morgan fingerprint density at radius 3 is 2.00 bits per heavy atom. The van der Waals surface area contributed by atoms with Crippen molar-refractivity contribution in [2.75, 3.05) is 31.6 Å². The summed E-state index contributed by atoms with van der Waals surface area (Å²) in [5, 5.41) is 1.67. The molecule has 42 heavy (non-hydrogen) atoms. The van der Waals surface area contributed by atoms with Gasteiger partial charge in [-0.05, 0) is 41.8 Å². The highest BCUT2D eigenvalue weighted by atomic mass is 16.5. The molecule has 0 saturated carbocycles. The number of carbonyl (C=O) groups is 3.